The van der Waals surface area contributed by atoms with Crippen molar-refractivity contribution in [3.05, 3.63) is 36.0 Å². The second-order valence-electron chi connectivity index (χ2n) is 5.21. The van der Waals surface area contributed by atoms with Gasteiger partial charge in [0.15, 0.2) is 0 Å². The van der Waals surface area contributed by atoms with Crippen molar-refractivity contribution in [3.63, 3.8) is 0 Å². The van der Waals surface area contributed by atoms with Crippen LogP contribution in [0, 0.1) is 0 Å². The maximum atomic E-state index is 5.98. The first-order valence-electron chi connectivity index (χ1n) is 5.60. The minimum absolute atomic E-state index is 0.00677. The number of nitrogens with two attached hydrogens (primary N) is 2. The summed E-state index contributed by atoms with van der Waals surface area (Å²) in [6.45, 7) is 6.34. The second-order valence-corrected chi connectivity index (χ2v) is 5.21. The lowest BCUT2D eigenvalue weighted by molar-refractivity contribution is 0.560. The number of rotatable bonds is 1. The molecule has 0 saturated heterocycles. The van der Waals surface area contributed by atoms with E-state index >= 15 is 0 Å². The summed E-state index contributed by atoms with van der Waals surface area (Å²) >= 11 is 0. The van der Waals surface area contributed by atoms with Crippen molar-refractivity contribution in [2.24, 2.45) is 0 Å². The van der Waals surface area contributed by atoms with Gasteiger partial charge in [-0.25, -0.2) is 4.68 Å². The molecule has 0 spiro atoms. The van der Waals surface area contributed by atoms with Crippen molar-refractivity contribution < 1.29 is 0 Å². The molecule has 17 heavy (non-hydrogen) atoms. The molecule has 0 aliphatic carbocycles. The molecule has 0 unspecified atom stereocenters. The molecule has 0 amide bonds. The number of hydrogen-bond acceptors (Lipinski definition) is 3. The van der Waals surface area contributed by atoms with E-state index in [2.05, 4.69) is 25.9 Å². The van der Waals surface area contributed by atoms with Crippen LogP contribution in [-0.2, 0) is 5.41 Å². The number of aromatic nitrogens is 2. The van der Waals surface area contributed by atoms with Crippen LogP contribution in [0.5, 0.6) is 0 Å². The van der Waals surface area contributed by atoms with E-state index in [1.54, 1.807) is 4.68 Å². The number of nitrogen functional groups attached to an aromatic ring is 2. The zero-order chi connectivity index (χ0) is 12.6. The molecule has 0 aliphatic heterocycles. The van der Waals surface area contributed by atoms with Crippen molar-refractivity contribution >= 4 is 11.5 Å². The Hall–Kier alpha value is -1.97. The monoisotopic (exact) mass is 230 g/mol. The van der Waals surface area contributed by atoms with E-state index in [0.717, 1.165) is 17.1 Å². The Morgan fingerprint density at radius 3 is 2.12 bits per heavy atom. The standard InChI is InChI=1S/C13H18N4/c1-13(2,3)11-8-12(15)17(16-11)10-6-4-9(14)5-7-10/h4-8H,14-15H2,1-3H3. The molecule has 4 heteroatoms. The molecule has 0 fully saturated rings. The molecule has 4 nitrogen and oxygen atoms in total. The first-order valence-corrected chi connectivity index (χ1v) is 5.60. The Kier molecular flexibility index (Phi) is 2.58. The molecular weight excluding hydrogens is 212 g/mol. The van der Waals surface area contributed by atoms with E-state index in [1.165, 1.54) is 0 Å². The van der Waals surface area contributed by atoms with Gasteiger partial charge in [-0.3, -0.25) is 0 Å². The van der Waals surface area contributed by atoms with Crippen LogP contribution in [-0.4, -0.2) is 9.78 Å². The van der Waals surface area contributed by atoms with Crippen molar-refractivity contribution in [2.45, 2.75) is 26.2 Å². The maximum Gasteiger partial charge on any atom is 0.127 e. The van der Waals surface area contributed by atoms with Gasteiger partial charge in [0, 0.05) is 17.2 Å². The van der Waals surface area contributed by atoms with E-state index < -0.39 is 0 Å². The quantitative estimate of drug-likeness (QED) is 0.739. The summed E-state index contributed by atoms with van der Waals surface area (Å²) in [6.07, 6.45) is 0. The van der Waals surface area contributed by atoms with Crippen molar-refractivity contribution in [1.82, 2.24) is 9.78 Å². The molecule has 2 rings (SSSR count). The lowest BCUT2D eigenvalue weighted by Crippen LogP contribution is -2.12. The highest BCUT2D eigenvalue weighted by molar-refractivity contribution is 5.49. The number of nitrogens with zero attached hydrogens (tertiary/aromatic N) is 2. The number of benzene rings is 1. The van der Waals surface area contributed by atoms with Crippen molar-refractivity contribution in [2.75, 3.05) is 11.5 Å². The third kappa shape index (κ3) is 2.25. The maximum absolute atomic E-state index is 5.98. The molecule has 1 aromatic carbocycles. The van der Waals surface area contributed by atoms with E-state index in [4.69, 9.17) is 11.5 Å². The van der Waals surface area contributed by atoms with Crippen LogP contribution in [0.4, 0.5) is 11.5 Å². The van der Waals surface area contributed by atoms with Gasteiger partial charge in [0.1, 0.15) is 5.82 Å². The molecular formula is C13H18N4. The molecule has 0 saturated carbocycles. The Morgan fingerprint density at radius 2 is 1.65 bits per heavy atom. The van der Waals surface area contributed by atoms with E-state index in [9.17, 15) is 0 Å². The Labute approximate surface area is 101 Å². The van der Waals surface area contributed by atoms with Gasteiger partial charge in [0.2, 0.25) is 0 Å². The third-order valence-electron chi connectivity index (χ3n) is 2.64. The Bertz CT molecular complexity index is 517. The molecule has 0 aliphatic rings. The second kappa shape index (κ2) is 3.80. The molecule has 4 N–H and O–H groups in total. The smallest absolute Gasteiger partial charge is 0.127 e. The number of anilines is 2. The SMILES string of the molecule is CC(C)(C)c1cc(N)n(-c2ccc(N)cc2)n1. The van der Waals surface area contributed by atoms with E-state index in [1.807, 2.05) is 30.3 Å². The largest absolute Gasteiger partial charge is 0.399 e. The first kappa shape index (κ1) is 11.5. The fourth-order valence-electron chi connectivity index (χ4n) is 1.58. The Balaban J connectivity index is 2.46. The number of hydrogen-bond donors (Lipinski definition) is 2. The summed E-state index contributed by atoms with van der Waals surface area (Å²) in [6, 6.07) is 9.41. The molecule has 0 atom stereocenters. The van der Waals surface area contributed by atoms with Crippen LogP contribution in [0.1, 0.15) is 26.5 Å². The van der Waals surface area contributed by atoms with Gasteiger partial charge in [0.05, 0.1) is 11.4 Å². The zero-order valence-electron chi connectivity index (χ0n) is 10.4. The fraction of sp³-hybridized carbons (Fsp3) is 0.308. The van der Waals surface area contributed by atoms with Crippen LogP contribution in [0.25, 0.3) is 5.69 Å². The molecule has 1 aromatic heterocycles. The van der Waals surface area contributed by atoms with Crippen molar-refractivity contribution in [3.8, 4) is 5.69 Å². The van der Waals surface area contributed by atoms with Gasteiger partial charge in [-0.2, -0.15) is 5.10 Å². The van der Waals surface area contributed by atoms with E-state index in [-0.39, 0.29) is 5.41 Å². The van der Waals surface area contributed by atoms with Crippen LogP contribution in [0.2, 0.25) is 0 Å². The highest BCUT2D eigenvalue weighted by Gasteiger charge is 2.19. The van der Waals surface area contributed by atoms with Crippen LogP contribution >= 0.6 is 0 Å². The predicted octanol–water partition coefficient (Wildman–Crippen LogP) is 2.33. The minimum atomic E-state index is -0.00677. The summed E-state index contributed by atoms with van der Waals surface area (Å²) in [7, 11) is 0. The van der Waals surface area contributed by atoms with Crippen LogP contribution in [0.3, 0.4) is 0 Å². The van der Waals surface area contributed by atoms with Gasteiger partial charge in [-0.1, -0.05) is 20.8 Å². The third-order valence-corrected chi connectivity index (χ3v) is 2.64. The molecule has 0 bridgehead atoms. The van der Waals surface area contributed by atoms with Crippen molar-refractivity contribution in [1.29, 1.82) is 0 Å². The van der Waals surface area contributed by atoms with Gasteiger partial charge >= 0.3 is 0 Å². The molecule has 90 valence electrons. The van der Waals surface area contributed by atoms with E-state index in [0.29, 0.717) is 5.82 Å². The topological polar surface area (TPSA) is 69.9 Å². The lowest BCUT2D eigenvalue weighted by atomic mass is 9.92. The minimum Gasteiger partial charge on any atom is -0.399 e. The van der Waals surface area contributed by atoms with Gasteiger partial charge in [-0.15, -0.1) is 0 Å². The fourth-order valence-corrected chi connectivity index (χ4v) is 1.58. The van der Waals surface area contributed by atoms with Gasteiger partial charge < -0.3 is 11.5 Å². The summed E-state index contributed by atoms with van der Waals surface area (Å²) in [5.41, 5.74) is 14.3. The zero-order valence-corrected chi connectivity index (χ0v) is 10.4. The average molecular weight is 230 g/mol. The van der Waals surface area contributed by atoms with Gasteiger partial charge in [0.25, 0.3) is 0 Å². The Morgan fingerprint density at radius 1 is 1.06 bits per heavy atom. The van der Waals surface area contributed by atoms with Crippen LogP contribution < -0.4 is 11.5 Å². The van der Waals surface area contributed by atoms with Gasteiger partial charge in [-0.05, 0) is 24.3 Å². The summed E-state index contributed by atoms with van der Waals surface area (Å²) in [4.78, 5) is 0. The predicted molar refractivity (Wildman–Crippen MR) is 71.1 cm³/mol. The molecule has 0 radical (unpaired) electrons. The highest BCUT2D eigenvalue weighted by atomic mass is 15.3. The average Bonchev–Trinajstić information content (AvgIpc) is 2.61. The van der Waals surface area contributed by atoms with Crippen LogP contribution in [0.15, 0.2) is 30.3 Å². The summed E-state index contributed by atoms with van der Waals surface area (Å²) in [5, 5.41) is 4.53. The first-order chi connectivity index (χ1) is 7.88. The summed E-state index contributed by atoms with van der Waals surface area (Å²) < 4.78 is 1.74. The molecule has 2 aromatic rings. The summed E-state index contributed by atoms with van der Waals surface area (Å²) in [5.74, 6) is 0.639. The molecule has 1 heterocycles. The highest BCUT2D eigenvalue weighted by Crippen LogP contribution is 2.24. The normalized spacial score (nSPS) is 11.7. The lowest BCUT2D eigenvalue weighted by Gasteiger charge is -2.14.